The van der Waals surface area contributed by atoms with Crippen molar-refractivity contribution in [2.45, 2.75) is 0 Å². The van der Waals surface area contributed by atoms with Gasteiger partial charge in [-0.25, -0.2) is 0 Å². The van der Waals surface area contributed by atoms with E-state index < -0.39 is 0 Å². The zero-order valence-electron chi connectivity index (χ0n) is 7.33. The number of hydrogen-bond donors (Lipinski definition) is 3. The molecule has 0 fully saturated rings. The molecular formula is C9H16N2O. The largest absolute Gasteiger partial charge is 0.508 e. The van der Waals surface area contributed by atoms with E-state index in [1.165, 1.54) is 0 Å². The predicted molar refractivity (Wildman–Crippen MR) is 51.1 cm³/mol. The number of hydrogen-bond acceptors (Lipinski definition) is 3. The average molecular weight is 168 g/mol. The lowest BCUT2D eigenvalue weighted by Crippen LogP contribution is -2.17. The first-order chi connectivity index (χ1) is 5.81. The van der Waals surface area contributed by atoms with E-state index in [-0.39, 0.29) is 0 Å². The van der Waals surface area contributed by atoms with Crippen molar-refractivity contribution in [3.05, 3.63) is 30.3 Å². The van der Waals surface area contributed by atoms with Crippen molar-refractivity contribution < 1.29 is 5.11 Å². The van der Waals surface area contributed by atoms with E-state index in [1.807, 2.05) is 13.1 Å². The molecule has 1 aromatic rings. The van der Waals surface area contributed by atoms with Crippen LogP contribution in [0.1, 0.15) is 0 Å². The number of likely N-dealkylation sites (N-methyl/N-ethyl adjacent to an activating group) is 1. The number of rotatable bonds is 2. The second-order valence-corrected chi connectivity index (χ2v) is 2.23. The number of phenolic OH excluding ortho intramolecular Hbond substituents is 1. The van der Waals surface area contributed by atoms with Gasteiger partial charge in [0.1, 0.15) is 5.75 Å². The van der Waals surface area contributed by atoms with Crippen LogP contribution < -0.4 is 11.1 Å². The third-order valence-electron chi connectivity index (χ3n) is 1.15. The van der Waals surface area contributed by atoms with E-state index in [0.717, 1.165) is 13.1 Å². The van der Waals surface area contributed by atoms with Crippen molar-refractivity contribution in [2.75, 3.05) is 20.1 Å². The minimum atomic E-state index is 0.322. The van der Waals surface area contributed by atoms with Crippen molar-refractivity contribution >= 4 is 0 Å². The Balaban J connectivity index is 0.000000217. The third-order valence-corrected chi connectivity index (χ3v) is 1.15. The summed E-state index contributed by atoms with van der Waals surface area (Å²) in [5.74, 6) is 0.322. The van der Waals surface area contributed by atoms with Gasteiger partial charge in [0, 0.05) is 13.1 Å². The molecule has 0 amide bonds. The fraction of sp³-hybridized carbons (Fsp3) is 0.333. The first kappa shape index (κ1) is 10.9. The van der Waals surface area contributed by atoms with Gasteiger partial charge in [-0.05, 0) is 19.2 Å². The third kappa shape index (κ3) is 7.05. The van der Waals surface area contributed by atoms with Crippen LogP contribution in [0.2, 0.25) is 0 Å². The first-order valence-corrected chi connectivity index (χ1v) is 3.90. The standard InChI is InChI=1S/C6H6O.C3H10N2/c7-6-4-2-1-3-5-6;1-5-3-2-4/h1-5,7H;5H,2-4H2,1H3. The van der Waals surface area contributed by atoms with Crippen molar-refractivity contribution in [2.24, 2.45) is 5.73 Å². The van der Waals surface area contributed by atoms with Crippen LogP contribution in [-0.2, 0) is 0 Å². The van der Waals surface area contributed by atoms with Gasteiger partial charge in [-0.3, -0.25) is 0 Å². The molecule has 12 heavy (non-hydrogen) atoms. The lowest BCUT2D eigenvalue weighted by molar-refractivity contribution is 0.475. The summed E-state index contributed by atoms with van der Waals surface area (Å²) in [6, 6.07) is 8.71. The molecule has 0 bridgehead atoms. The van der Waals surface area contributed by atoms with Crippen LogP contribution in [0.25, 0.3) is 0 Å². The molecule has 0 unspecified atom stereocenters. The lowest BCUT2D eigenvalue weighted by atomic mass is 10.3. The maximum atomic E-state index is 8.63. The lowest BCUT2D eigenvalue weighted by Gasteiger charge is -1.85. The molecular weight excluding hydrogens is 152 g/mol. The van der Waals surface area contributed by atoms with Crippen LogP contribution in [0.15, 0.2) is 30.3 Å². The van der Waals surface area contributed by atoms with Crippen molar-refractivity contribution in [1.82, 2.24) is 5.32 Å². The second kappa shape index (κ2) is 8.04. The van der Waals surface area contributed by atoms with Crippen LogP contribution in [0.3, 0.4) is 0 Å². The molecule has 1 aromatic carbocycles. The highest BCUT2D eigenvalue weighted by molar-refractivity contribution is 5.18. The Bertz CT molecular complexity index is 175. The number of aromatic hydroxyl groups is 1. The Morgan fingerprint density at radius 1 is 1.33 bits per heavy atom. The highest BCUT2D eigenvalue weighted by Crippen LogP contribution is 2.02. The molecule has 0 radical (unpaired) electrons. The summed E-state index contributed by atoms with van der Waals surface area (Å²) in [5, 5.41) is 11.5. The fourth-order valence-electron chi connectivity index (χ4n) is 0.572. The second-order valence-electron chi connectivity index (χ2n) is 2.23. The highest BCUT2D eigenvalue weighted by Gasteiger charge is 1.74. The van der Waals surface area contributed by atoms with Gasteiger partial charge in [0.15, 0.2) is 0 Å². The Kier molecular flexibility index (Phi) is 7.33. The summed E-state index contributed by atoms with van der Waals surface area (Å²) in [5.41, 5.74) is 5.08. The summed E-state index contributed by atoms with van der Waals surface area (Å²) < 4.78 is 0. The Morgan fingerprint density at radius 3 is 2.08 bits per heavy atom. The maximum Gasteiger partial charge on any atom is 0.115 e. The summed E-state index contributed by atoms with van der Waals surface area (Å²) in [6.45, 7) is 1.65. The van der Waals surface area contributed by atoms with Crippen LogP contribution in [0.4, 0.5) is 0 Å². The summed E-state index contributed by atoms with van der Waals surface area (Å²) in [6.07, 6.45) is 0. The van der Waals surface area contributed by atoms with Gasteiger partial charge in [0.2, 0.25) is 0 Å². The molecule has 0 saturated heterocycles. The van der Waals surface area contributed by atoms with Crippen LogP contribution in [-0.4, -0.2) is 25.2 Å². The molecule has 0 heterocycles. The Morgan fingerprint density at radius 2 is 1.92 bits per heavy atom. The van der Waals surface area contributed by atoms with E-state index in [9.17, 15) is 0 Å². The quantitative estimate of drug-likeness (QED) is 0.604. The smallest absolute Gasteiger partial charge is 0.115 e. The number of nitrogens with two attached hydrogens (primary N) is 1. The molecule has 0 aliphatic carbocycles. The molecule has 4 N–H and O–H groups in total. The van der Waals surface area contributed by atoms with Gasteiger partial charge in [0.05, 0.1) is 0 Å². The molecule has 68 valence electrons. The Labute approximate surface area is 73.2 Å². The summed E-state index contributed by atoms with van der Waals surface area (Å²) in [4.78, 5) is 0. The normalized spacial score (nSPS) is 8.50. The van der Waals surface area contributed by atoms with Gasteiger partial charge >= 0.3 is 0 Å². The topological polar surface area (TPSA) is 58.3 Å². The molecule has 0 saturated carbocycles. The zero-order valence-corrected chi connectivity index (χ0v) is 7.33. The van der Waals surface area contributed by atoms with E-state index in [4.69, 9.17) is 10.8 Å². The number of phenols is 1. The SMILES string of the molecule is CNCCN.Oc1ccccc1. The highest BCUT2D eigenvalue weighted by atomic mass is 16.3. The van der Waals surface area contributed by atoms with Crippen molar-refractivity contribution in [1.29, 1.82) is 0 Å². The molecule has 0 spiro atoms. The fourth-order valence-corrected chi connectivity index (χ4v) is 0.572. The number of para-hydroxylation sites is 1. The molecule has 1 rings (SSSR count). The van der Waals surface area contributed by atoms with Crippen LogP contribution >= 0.6 is 0 Å². The van der Waals surface area contributed by atoms with Gasteiger partial charge in [-0.1, -0.05) is 18.2 Å². The van der Waals surface area contributed by atoms with Crippen molar-refractivity contribution in [3.8, 4) is 5.75 Å². The monoisotopic (exact) mass is 168 g/mol. The summed E-state index contributed by atoms with van der Waals surface area (Å²) in [7, 11) is 1.88. The predicted octanol–water partition coefficient (Wildman–Crippen LogP) is 0.557. The molecule has 0 aliphatic heterocycles. The number of nitrogens with one attached hydrogen (secondary N) is 1. The molecule has 0 atom stereocenters. The van der Waals surface area contributed by atoms with Gasteiger partial charge in [-0.15, -0.1) is 0 Å². The molecule has 0 aliphatic rings. The average Bonchev–Trinajstić information content (AvgIpc) is 2.08. The Hall–Kier alpha value is -1.06. The van der Waals surface area contributed by atoms with E-state index in [0.29, 0.717) is 5.75 Å². The van der Waals surface area contributed by atoms with E-state index >= 15 is 0 Å². The maximum absolute atomic E-state index is 8.63. The van der Waals surface area contributed by atoms with E-state index in [2.05, 4.69) is 5.32 Å². The molecule has 3 heteroatoms. The zero-order chi connectivity index (χ0) is 9.23. The minimum absolute atomic E-state index is 0.322. The van der Waals surface area contributed by atoms with E-state index in [1.54, 1.807) is 24.3 Å². The van der Waals surface area contributed by atoms with Gasteiger partial charge < -0.3 is 16.2 Å². The molecule has 3 nitrogen and oxygen atoms in total. The first-order valence-electron chi connectivity index (χ1n) is 3.90. The molecule has 0 aromatic heterocycles. The summed E-state index contributed by atoms with van der Waals surface area (Å²) >= 11 is 0. The van der Waals surface area contributed by atoms with Crippen LogP contribution in [0, 0.1) is 0 Å². The van der Waals surface area contributed by atoms with Gasteiger partial charge in [-0.2, -0.15) is 0 Å². The minimum Gasteiger partial charge on any atom is -0.508 e. The van der Waals surface area contributed by atoms with Crippen molar-refractivity contribution in [3.63, 3.8) is 0 Å². The number of benzene rings is 1. The van der Waals surface area contributed by atoms with Crippen LogP contribution in [0.5, 0.6) is 5.75 Å². The van der Waals surface area contributed by atoms with Gasteiger partial charge in [0.25, 0.3) is 0 Å².